The van der Waals surface area contributed by atoms with Crippen LogP contribution in [0.25, 0.3) is 0 Å². The van der Waals surface area contributed by atoms with Crippen LogP contribution < -0.4 is 4.74 Å². The van der Waals surface area contributed by atoms with Gasteiger partial charge in [-0.2, -0.15) is 0 Å². The topological polar surface area (TPSA) is 76.1 Å². The molecule has 1 aliphatic heterocycles. The van der Waals surface area contributed by atoms with E-state index in [1.807, 2.05) is 48.5 Å². The van der Waals surface area contributed by atoms with Gasteiger partial charge in [-0.3, -0.25) is 4.79 Å². The predicted molar refractivity (Wildman–Crippen MR) is 90.2 cm³/mol. The Balaban J connectivity index is 1.83. The molecule has 0 radical (unpaired) electrons. The van der Waals surface area contributed by atoms with Gasteiger partial charge in [0.25, 0.3) is 5.91 Å². The highest BCUT2D eigenvalue weighted by molar-refractivity contribution is 5.84. The number of morpholine rings is 1. The van der Waals surface area contributed by atoms with E-state index in [0.717, 1.165) is 5.56 Å². The average Bonchev–Trinajstić information content (AvgIpc) is 2.67. The molecule has 0 bridgehead atoms. The maximum atomic E-state index is 13.0. The van der Waals surface area contributed by atoms with Crippen molar-refractivity contribution in [3.8, 4) is 5.75 Å². The molecule has 1 saturated heterocycles. The highest BCUT2D eigenvalue weighted by atomic mass is 16.5. The highest BCUT2D eigenvalue weighted by Crippen LogP contribution is 2.24. The second-order valence-corrected chi connectivity index (χ2v) is 5.70. The molecule has 0 saturated carbocycles. The molecule has 1 N–H and O–H groups in total. The number of carbonyl (C=O) groups excluding carboxylic acids is 1. The van der Waals surface area contributed by atoms with Crippen molar-refractivity contribution in [2.24, 2.45) is 0 Å². The third-order valence-corrected chi connectivity index (χ3v) is 3.98. The lowest BCUT2D eigenvalue weighted by Gasteiger charge is -2.33. The van der Waals surface area contributed by atoms with Crippen LogP contribution in [0.4, 0.5) is 0 Å². The van der Waals surface area contributed by atoms with Crippen LogP contribution in [0.2, 0.25) is 0 Å². The van der Waals surface area contributed by atoms with Gasteiger partial charge in [0.1, 0.15) is 5.75 Å². The molecule has 6 heteroatoms. The molecular weight excluding hydrogens is 322 g/mol. The Labute approximate surface area is 145 Å². The van der Waals surface area contributed by atoms with E-state index >= 15 is 0 Å². The van der Waals surface area contributed by atoms with Crippen molar-refractivity contribution in [2.45, 2.75) is 12.2 Å². The third kappa shape index (κ3) is 4.16. The Morgan fingerprint density at radius 2 is 1.72 bits per heavy atom. The lowest BCUT2D eigenvalue weighted by Crippen LogP contribution is -2.50. The number of nitrogens with zero attached hydrogens (tertiary/aromatic N) is 1. The fourth-order valence-electron chi connectivity index (χ4n) is 2.69. The SMILES string of the molecule is O=C(O)[C@H]1CN(C(=O)[C@@H](Oc2ccccc2)c2ccccc2)CCO1. The molecule has 0 aliphatic carbocycles. The van der Waals surface area contributed by atoms with Crippen molar-refractivity contribution in [1.29, 1.82) is 0 Å². The van der Waals surface area contributed by atoms with Gasteiger partial charge in [0.05, 0.1) is 13.2 Å². The first-order chi connectivity index (χ1) is 12.1. The van der Waals surface area contributed by atoms with Gasteiger partial charge < -0.3 is 19.5 Å². The minimum atomic E-state index is -1.07. The molecule has 6 nitrogen and oxygen atoms in total. The van der Waals surface area contributed by atoms with E-state index in [0.29, 0.717) is 12.3 Å². The molecule has 0 aromatic heterocycles. The number of para-hydroxylation sites is 1. The standard InChI is InChI=1S/C19H19NO5/c21-18(20-11-12-24-16(13-20)19(22)23)17(14-7-3-1-4-8-14)25-15-9-5-2-6-10-15/h1-10,16-17H,11-13H2,(H,22,23)/t16-,17+/m1/s1. The molecule has 1 heterocycles. The summed E-state index contributed by atoms with van der Waals surface area (Å²) in [7, 11) is 0. The van der Waals surface area contributed by atoms with Crippen LogP contribution in [0, 0.1) is 0 Å². The first-order valence-corrected chi connectivity index (χ1v) is 8.05. The molecule has 1 aliphatic rings. The van der Waals surface area contributed by atoms with Crippen LogP contribution in [-0.4, -0.2) is 47.7 Å². The first-order valence-electron chi connectivity index (χ1n) is 8.05. The summed E-state index contributed by atoms with van der Waals surface area (Å²) in [4.78, 5) is 25.7. The summed E-state index contributed by atoms with van der Waals surface area (Å²) in [6, 6.07) is 18.3. The first kappa shape index (κ1) is 17.0. The number of ether oxygens (including phenoxy) is 2. The Morgan fingerprint density at radius 3 is 2.36 bits per heavy atom. The van der Waals surface area contributed by atoms with Gasteiger partial charge in [-0.25, -0.2) is 4.79 Å². The van der Waals surface area contributed by atoms with Gasteiger partial charge >= 0.3 is 5.97 Å². The Hall–Kier alpha value is -2.86. The second-order valence-electron chi connectivity index (χ2n) is 5.70. The van der Waals surface area contributed by atoms with E-state index in [2.05, 4.69) is 0 Å². The number of rotatable bonds is 5. The van der Waals surface area contributed by atoms with Gasteiger partial charge in [-0.15, -0.1) is 0 Å². The van der Waals surface area contributed by atoms with Crippen LogP contribution in [0.1, 0.15) is 11.7 Å². The summed E-state index contributed by atoms with van der Waals surface area (Å²) in [5, 5.41) is 9.13. The van der Waals surface area contributed by atoms with E-state index in [9.17, 15) is 9.59 Å². The van der Waals surface area contributed by atoms with E-state index < -0.39 is 18.2 Å². The summed E-state index contributed by atoms with van der Waals surface area (Å²) in [5.41, 5.74) is 0.717. The van der Waals surface area contributed by atoms with Crippen LogP contribution in [-0.2, 0) is 14.3 Å². The molecule has 130 valence electrons. The molecule has 0 spiro atoms. The van der Waals surface area contributed by atoms with E-state index in [1.54, 1.807) is 12.1 Å². The smallest absolute Gasteiger partial charge is 0.334 e. The van der Waals surface area contributed by atoms with Crippen LogP contribution in [0.3, 0.4) is 0 Å². The van der Waals surface area contributed by atoms with Crippen molar-refractivity contribution < 1.29 is 24.2 Å². The molecule has 2 aromatic rings. The van der Waals surface area contributed by atoms with E-state index in [1.165, 1.54) is 4.90 Å². The number of aliphatic carboxylic acids is 1. The van der Waals surface area contributed by atoms with Crippen molar-refractivity contribution >= 4 is 11.9 Å². The second kappa shape index (κ2) is 7.81. The highest BCUT2D eigenvalue weighted by Gasteiger charge is 2.34. The van der Waals surface area contributed by atoms with Crippen molar-refractivity contribution in [1.82, 2.24) is 4.90 Å². The zero-order valence-corrected chi connectivity index (χ0v) is 13.6. The molecule has 1 amide bonds. The van der Waals surface area contributed by atoms with Crippen LogP contribution in [0.15, 0.2) is 60.7 Å². The maximum Gasteiger partial charge on any atom is 0.334 e. The maximum absolute atomic E-state index is 13.0. The van der Waals surface area contributed by atoms with Gasteiger partial charge in [-0.05, 0) is 12.1 Å². The minimum Gasteiger partial charge on any atom is -0.479 e. The van der Waals surface area contributed by atoms with Gasteiger partial charge in [-0.1, -0.05) is 48.5 Å². The molecule has 3 rings (SSSR count). The summed E-state index contributed by atoms with van der Waals surface area (Å²) in [6.07, 6.45) is -1.85. The van der Waals surface area contributed by atoms with Gasteiger partial charge in [0.15, 0.2) is 6.10 Å². The number of carboxylic acid groups (broad SMARTS) is 1. The Bertz CT molecular complexity index is 719. The van der Waals surface area contributed by atoms with E-state index in [-0.39, 0.29) is 19.1 Å². The van der Waals surface area contributed by atoms with Crippen molar-refractivity contribution in [3.63, 3.8) is 0 Å². The largest absolute Gasteiger partial charge is 0.479 e. The fraction of sp³-hybridized carbons (Fsp3) is 0.263. The molecule has 1 fully saturated rings. The van der Waals surface area contributed by atoms with Gasteiger partial charge in [0, 0.05) is 12.1 Å². The van der Waals surface area contributed by atoms with Crippen LogP contribution >= 0.6 is 0 Å². The van der Waals surface area contributed by atoms with Gasteiger partial charge in [0.2, 0.25) is 6.10 Å². The van der Waals surface area contributed by atoms with E-state index in [4.69, 9.17) is 14.6 Å². The monoisotopic (exact) mass is 341 g/mol. The Morgan fingerprint density at radius 1 is 1.08 bits per heavy atom. The number of hydrogen-bond acceptors (Lipinski definition) is 4. The number of benzene rings is 2. The fourth-order valence-corrected chi connectivity index (χ4v) is 2.69. The average molecular weight is 341 g/mol. The zero-order valence-electron chi connectivity index (χ0n) is 13.6. The lowest BCUT2D eigenvalue weighted by atomic mass is 10.1. The molecule has 2 aromatic carbocycles. The number of carboxylic acids is 1. The molecule has 25 heavy (non-hydrogen) atoms. The quantitative estimate of drug-likeness (QED) is 0.901. The summed E-state index contributed by atoms with van der Waals surface area (Å²) in [6.45, 7) is 0.537. The Kier molecular flexibility index (Phi) is 5.30. The molecule has 2 atom stereocenters. The lowest BCUT2D eigenvalue weighted by molar-refractivity contribution is -0.161. The number of carbonyl (C=O) groups is 2. The molecule has 0 unspecified atom stereocenters. The summed E-state index contributed by atoms with van der Waals surface area (Å²) in [5.74, 6) is -0.768. The third-order valence-electron chi connectivity index (χ3n) is 3.98. The summed E-state index contributed by atoms with van der Waals surface area (Å²) >= 11 is 0. The summed E-state index contributed by atoms with van der Waals surface area (Å²) < 4.78 is 11.1. The molecular formula is C19H19NO5. The van der Waals surface area contributed by atoms with Crippen molar-refractivity contribution in [2.75, 3.05) is 19.7 Å². The van der Waals surface area contributed by atoms with Crippen LogP contribution in [0.5, 0.6) is 5.75 Å². The zero-order chi connectivity index (χ0) is 17.6. The number of amides is 1. The minimum absolute atomic E-state index is 0.00957. The normalized spacial score (nSPS) is 18.4. The predicted octanol–water partition coefficient (Wildman–Crippen LogP) is 2.12. The van der Waals surface area contributed by atoms with Crippen molar-refractivity contribution in [3.05, 3.63) is 66.2 Å². The number of hydrogen-bond donors (Lipinski definition) is 1.